The molecule has 0 aromatic carbocycles. The number of likely N-dealkylation sites (N-methyl/N-ethyl adjacent to an activating group) is 1. The summed E-state index contributed by atoms with van der Waals surface area (Å²) in [5.41, 5.74) is 0.135. The van der Waals surface area contributed by atoms with Crippen molar-refractivity contribution in [2.75, 3.05) is 31.7 Å². The Morgan fingerprint density at radius 1 is 1.59 bits per heavy atom. The van der Waals surface area contributed by atoms with E-state index >= 15 is 0 Å². The summed E-state index contributed by atoms with van der Waals surface area (Å²) in [5, 5.41) is 9.11. The molecule has 0 bridgehead atoms. The minimum atomic E-state index is -1.02. The lowest BCUT2D eigenvalue weighted by Crippen LogP contribution is -2.28. The molecule has 0 aliphatic rings. The quantitative estimate of drug-likeness (QED) is 0.790. The molecule has 0 unspecified atom stereocenters. The van der Waals surface area contributed by atoms with Crippen molar-refractivity contribution in [2.45, 2.75) is 6.92 Å². The van der Waals surface area contributed by atoms with Crippen molar-refractivity contribution in [2.24, 2.45) is 0 Å². The lowest BCUT2D eigenvalue weighted by Gasteiger charge is -2.21. The topological polar surface area (TPSA) is 62.7 Å². The summed E-state index contributed by atoms with van der Waals surface area (Å²) in [6.07, 6.45) is 0. The van der Waals surface area contributed by atoms with Gasteiger partial charge in [0, 0.05) is 20.2 Å². The first-order valence-corrected chi connectivity index (χ1v) is 5.61. The highest BCUT2D eigenvalue weighted by molar-refractivity contribution is 6.29. The molecule has 0 atom stereocenters. The van der Waals surface area contributed by atoms with E-state index in [9.17, 15) is 4.79 Å². The second-order valence-electron chi connectivity index (χ2n) is 3.41. The van der Waals surface area contributed by atoms with Gasteiger partial charge in [-0.25, -0.2) is 9.78 Å². The third kappa shape index (κ3) is 3.87. The maximum absolute atomic E-state index is 10.9. The van der Waals surface area contributed by atoms with Gasteiger partial charge in [-0.05, 0) is 19.1 Å². The van der Waals surface area contributed by atoms with Crippen molar-refractivity contribution in [3.8, 4) is 0 Å². The number of carboxylic acids is 1. The summed E-state index contributed by atoms with van der Waals surface area (Å²) in [5.74, 6) is -0.465. The summed E-state index contributed by atoms with van der Waals surface area (Å²) in [6.45, 7) is 3.85. The molecule has 0 fully saturated rings. The first-order valence-electron chi connectivity index (χ1n) is 5.23. The second kappa shape index (κ2) is 6.42. The van der Waals surface area contributed by atoms with Gasteiger partial charge in [0.15, 0.2) is 0 Å². The molecule has 0 aliphatic heterocycles. The Labute approximate surface area is 105 Å². The molecule has 0 radical (unpaired) electrons. The highest BCUT2D eigenvalue weighted by atomic mass is 35.5. The zero-order chi connectivity index (χ0) is 12.8. The van der Waals surface area contributed by atoms with Gasteiger partial charge in [0.25, 0.3) is 0 Å². The number of hydrogen-bond donors (Lipinski definition) is 1. The Bertz CT molecular complexity index is 398. The van der Waals surface area contributed by atoms with E-state index in [0.29, 0.717) is 25.5 Å². The third-order valence-electron chi connectivity index (χ3n) is 2.30. The fourth-order valence-electron chi connectivity index (χ4n) is 1.40. The predicted molar refractivity (Wildman–Crippen MR) is 66.0 cm³/mol. The number of anilines is 1. The van der Waals surface area contributed by atoms with Crippen LogP contribution in [-0.4, -0.2) is 42.9 Å². The molecule has 1 N–H and O–H groups in total. The number of methoxy groups -OCH3 is 1. The van der Waals surface area contributed by atoms with Gasteiger partial charge < -0.3 is 14.7 Å². The molecule has 0 spiro atoms. The fourth-order valence-corrected chi connectivity index (χ4v) is 1.61. The molecule has 0 amide bonds. The Morgan fingerprint density at radius 2 is 2.29 bits per heavy atom. The summed E-state index contributed by atoms with van der Waals surface area (Å²) < 4.78 is 4.98. The van der Waals surface area contributed by atoms with Crippen molar-refractivity contribution in [1.29, 1.82) is 0 Å². The van der Waals surface area contributed by atoms with E-state index in [0.717, 1.165) is 0 Å². The van der Waals surface area contributed by atoms with Crippen LogP contribution in [0.4, 0.5) is 5.82 Å². The predicted octanol–water partition coefficient (Wildman–Crippen LogP) is 1.91. The fraction of sp³-hybridized carbons (Fsp3) is 0.455. The molecule has 6 heteroatoms. The lowest BCUT2D eigenvalue weighted by atomic mass is 10.2. The average molecular weight is 259 g/mol. The average Bonchev–Trinajstić information content (AvgIpc) is 2.29. The highest BCUT2D eigenvalue weighted by Crippen LogP contribution is 2.18. The molecule has 5 nitrogen and oxygen atoms in total. The SMILES string of the molecule is CCN(CCOC)c1cc(C(=O)O)cc(Cl)n1. The van der Waals surface area contributed by atoms with Gasteiger partial charge in [-0.3, -0.25) is 0 Å². The Hall–Kier alpha value is -1.33. The first kappa shape index (κ1) is 13.7. The zero-order valence-corrected chi connectivity index (χ0v) is 10.6. The van der Waals surface area contributed by atoms with Gasteiger partial charge in [0.05, 0.1) is 12.2 Å². The van der Waals surface area contributed by atoms with E-state index in [1.165, 1.54) is 12.1 Å². The summed E-state index contributed by atoms with van der Waals surface area (Å²) in [6, 6.07) is 2.84. The molecular weight excluding hydrogens is 244 g/mol. The highest BCUT2D eigenvalue weighted by Gasteiger charge is 2.11. The van der Waals surface area contributed by atoms with Crippen molar-refractivity contribution >= 4 is 23.4 Å². The van der Waals surface area contributed by atoms with Crippen molar-refractivity contribution in [3.63, 3.8) is 0 Å². The Balaban J connectivity index is 2.98. The van der Waals surface area contributed by atoms with Gasteiger partial charge in [-0.2, -0.15) is 0 Å². The minimum absolute atomic E-state index is 0.135. The molecule has 1 aromatic heterocycles. The van der Waals surface area contributed by atoms with E-state index in [4.69, 9.17) is 21.4 Å². The molecule has 1 rings (SSSR count). The summed E-state index contributed by atoms with van der Waals surface area (Å²) in [7, 11) is 1.61. The maximum atomic E-state index is 10.9. The molecule has 0 saturated carbocycles. The number of halogens is 1. The number of aromatic nitrogens is 1. The molecule has 17 heavy (non-hydrogen) atoms. The molecular formula is C11H15ClN2O3. The second-order valence-corrected chi connectivity index (χ2v) is 3.80. The molecule has 1 aromatic rings. The molecule has 0 saturated heterocycles. The summed E-state index contributed by atoms with van der Waals surface area (Å²) >= 11 is 5.80. The lowest BCUT2D eigenvalue weighted by molar-refractivity contribution is 0.0697. The van der Waals surface area contributed by atoms with Crippen LogP contribution in [0.2, 0.25) is 5.15 Å². The van der Waals surface area contributed by atoms with E-state index in [-0.39, 0.29) is 10.7 Å². The number of hydrogen-bond acceptors (Lipinski definition) is 4. The number of carboxylic acid groups (broad SMARTS) is 1. The van der Waals surface area contributed by atoms with Crippen molar-refractivity contribution in [3.05, 3.63) is 22.8 Å². The van der Waals surface area contributed by atoms with Crippen LogP contribution in [-0.2, 0) is 4.74 Å². The smallest absolute Gasteiger partial charge is 0.335 e. The van der Waals surface area contributed by atoms with Gasteiger partial charge in [-0.15, -0.1) is 0 Å². The maximum Gasteiger partial charge on any atom is 0.335 e. The van der Waals surface area contributed by atoms with Crippen LogP contribution in [0.25, 0.3) is 0 Å². The van der Waals surface area contributed by atoms with Crippen molar-refractivity contribution in [1.82, 2.24) is 4.98 Å². The number of nitrogens with zero attached hydrogens (tertiary/aromatic N) is 2. The third-order valence-corrected chi connectivity index (χ3v) is 2.49. The van der Waals surface area contributed by atoms with Crippen LogP contribution >= 0.6 is 11.6 Å². The van der Waals surface area contributed by atoms with E-state index in [2.05, 4.69) is 4.98 Å². The number of pyridine rings is 1. The van der Waals surface area contributed by atoms with E-state index in [1.807, 2.05) is 11.8 Å². The molecule has 0 aliphatic carbocycles. The first-order chi connectivity index (χ1) is 8.08. The van der Waals surface area contributed by atoms with Gasteiger partial charge in [0.2, 0.25) is 0 Å². The van der Waals surface area contributed by atoms with Crippen LogP contribution in [0.1, 0.15) is 17.3 Å². The van der Waals surface area contributed by atoms with Gasteiger partial charge in [-0.1, -0.05) is 11.6 Å². The number of ether oxygens (including phenoxy) is 1. The van der Waals surface area contributed by atoms with Crippen LogP contribution in [0.15, 0.2) is 12.1 Å². The van der Waals surface area contributed by atoms with Crippen LogP contribution in [0, 0.1) is 0 Å². The van der Waals surface area contributed by atoms with E-state index < -0.39 is 5.97 Å². The normalized spacial score (nSPS) is 10.3. The molecule has 1 heterocycles. The van der Waals surface area contributed by atoms with Crippen molar-refractivity contribution < 1.29 is 14.6 Å². The monoisotopic (exact) mass is 258 g/mol. The number of aromatic carboxylic acids is 1. The Kier molecular flexibility index (Phi) is 5.18. The largest absolute Gasteiger partial charge is 0.478 e. The summed E-state index contributed by atoms with van der Waals surface area (Å²) in [4.78, 5) is 16.9. The van der Waals surface area contributed by atoms with Gasteiger partial charge >= 0.3 is 5.97 Å². The van der Waals surface area contributed by atoms with Gasteiger partial charge in [0.1, 0.15) is 11.0 Å². The Morgan fingerprint density at radius 3 is 2.82 bits per heavy atom. The van der Waals surface area contributed by atoms with Crippen LogP contribution in [0.3, 0.4) is 0 Å². The number of carbonyl (C=O) groups is 1. The zero-order valence-electron chi connectivity index (χ0n) is 9.81. The standard InChI is InChI=1S/C11H15ClN2O3/c1-3-14(4-5-17-2)10-7-8(11(15)16)6-9(12)13-10/h6-7H,3-5H2,1-2H3,(H,15,16). The minimum Gasteiger partial charge on any atom is -0.478 e. The van der Waals surface area contributed by atoms with Crippen LogP contribution in [0.5, 0.6) is 0 Å². The van der Waals surface area contributed by atoms with Crippen LogP contribution < -0.4 is 4.90 Å². The number of rotatable bonds is 6. The molecule has 94 valence electrons. The van der Waals surface area contributed by atoms with E-state index in [1.54, 1.807) is 7.11 Å².